The lowest BCUT2D eigenvalue weighted by atomic mass is 10.0. The third kappa shape index (κ3) is 2.55. The summed E-state index contributed by atoms with van der Waals surface area (Å²) in [5.41, 5.74) is 1.45. The highest BCUT2D eigenvalue weighted by Gasteiger charge is 2.42. The number of nitrogens with zero attached hydrogens (tertiary/aromatic N) is 1. The van der Waals surface area contributed by atoms with Crippen molar-refractivity contribution in [3.63, 3.8) is 0 Å². The first-order valence-electron chi connectivity index (χ1n) is 6.53. The highest BCUT2D eigenvalue weighted by molar-refractivity contribution is 5.89. The zero-order valence-corrected chi connectivity index (χ0v) is 11.1. The largest absolute Gasteiger partial charge is 0.411 e. The molecule has 0 aliphatic carbocycles. The van der Waals surface area contributed by atoms with E-state index in [2.05, 4.69) is 5.16 Å². The molecule has 1 N–H and O–H groups in total. The number of fused-ring (bicyclic) bond motifs is 1. The molecule has 2 heterocycles. The van der Waals surface area contributed by atoms with Gasteiger partial charge in [0.1, 0.15) is 12.2 Å². The van der Waals surface area contributed by atoms with E-state index in [0.717, 1.165) is 5.56 Å². The molecule has 0 unspecified atom stereocenters. The Bertz CT molecular complexity index is 478. The average Bonchev–Trinajstić information content (AvgIpc) is 2.54. The van der Waals surface area contributed by atoms with Crippen molar-refractivity contribution in [1.82, 2.24) is 0 Å². The molecule has 2 saturated heterocycles. The van der Waals surface area contributed by atoms with Crippen molar-refractivity contribution >= 4 is 5.71 Å². The van der Waals surface area contributed by atoms with Crippen molar-refractivity contribution in [1.29, 1.82) is 0 Å². The van der Waals surface area contributed by atoms with Gasteiger partial charge in [0.2, 0.25) is 0 Å². The SMILES string of the molecule is CO[C@@H]1C/C(=N/O)[C@@H]2O[C@H](c3ccccc3)OC[C@H]2O1. The van der Waals surface area contributed by atoms with Crippen LogP contribution in [0.2, 0.25) is 0 Å². The van der Waals surface area contributed by atoms with E-state index in [1.54, 1.807) is 7.11 Å². The van der Waals surface area contributed by atoms with E-state index in [-0.39, 0.29) is 6.10 Å². The monoisotopic (exact) mass is 279 g/mol. The number of oxime groups is 1. The van der Waals surface area contributed by atoms with Crippen molar-refractivity contribution in [2.45, 2.75) is 31.2 Å². The predicted octanol–water partition coefficient (Wildman–Crippen LogP) is 1.69. The third-order valence-corrected chi connectivity index (χ3v) is 3.51. The number of hydrogen-bond donors (Lipinski definition) is 1. The van der Waals surface area contributed by atoms with Gasteiger partial charge in [-0.15, -0.1) is 0 Å². The summed E-state index contributed by atoms with van der Waals surface area (Å²) < 4.78 is 22.4. The highest BCUT2D eigenvalue weighted by Crippen LogP contribution is 2.32. The number of rotatable bonds is 2. The molecule has 6 nitrogen and oxygen atoms in total. The molecule has 0 aromatic heterocycles. The molecule has 2 aliphatic heterocycles. The molecule has 4 atom stereocenters. The summed E-state index contributed by atoms with van der Waals surface area (Å²) in [5.74, 6) is 0. The first kappa shape index (κ1) is 13.5. The van der Waals surface area contributed by atoms with Gasteiger partial charge in [-0.3, -0.25) is 0 Å². The fourth-order valence-corrected chi connectivity index (χ4v) is 2.49. The molecule has 20 heavy (non-hydrogen) atoms. The minimum atomic E-state index is -0.475. The molecule has 1 aromatic rings. The Labute approximate surface area is 116 Å². The lowest BCUT2D eigenvalue weighted by Crippen LogP contribution is -2.53. The van der Waals surface area contributed by atoms with E-state index >= 15 is 0 Å². The Kier molecular flexibility index (Phi) is 3.98. The average molecular weight is 279 g/mol. The standard InChI is InChI=1S/C14H17NO5/c1-17-12-7-10(15-16)13-11(19-12)8-18-14(20-13)9-5-3-2-4-6-9/h2-6,11-14,16H,7-8H2,1H3/b15-10-/t11-,12+,13+,14-/m1/s1. The van der Waals surface area contributed by atoms with Gasteiger partial charge in [0.25, 0.3) is 0 Å². The zero-order valence-electron chi connectivity index (χ0n) is 11.1. The molecule has 2 aliphatic rings. The van der Waals surface area contributed by atoms with Gasteiger partial charge in [-0.25, -0.2) is 0 Å². The second kappa shape index (κ2) is 5.88. The maximum atomic E-state index is 9.16. The van der Waals surface area contributed by atoms with Crippen molar-refractivity contribution in [3.8, 4) is 0 Å². The summed E-state index contributed by atoms with van der Waals surface area (Å²) in [6, 6.07) is 9.65. The van der Waals surface area contributed by atoms with E-state index < -0.39 is 18.7 Å². The minimum Gasteiger partial charge on any atom is -0.411 e. The van der Waals surface area contributed by atoms with Gasteiger partial charge in [-0.05, 0) is 0 Å². The van der Waals surface area contributed by atoms with Crippen molar-refractivity contribution in [3.05, 3.63) is 35.9 Å². The Hall–Kier alpha value is -1.47. The van der Waals surface area contributed by atoms with Crippen molar-refractivity contribution in [2.24, 2.45) is 5.16 Å². The molecular weight excluding hydrogens is 262 g/mol. The quantitative estimate of drug-likeness (QED) is 0.659. The van der Waals surface area contributed by atoms with Gasteiger partial charge < -0.3 is 24.2 Å². The van der Waals surface area contributed by atoms with Crippen molar-refractivity contribution in [2.75, 3.05) is 13.7 Å². The van der Waals surface area contributed by atoms with Crippen LogP contribution in [-0.2, 0) is 18.9 Å². The number of ether oxygens (including phenoxy) is 4. The maximum absolute atomic E-state index is 9.16. The van der Waals surface area contributed by atoms with Crippen LogP contribution >= 0.6 is 0 Å². The molecule has 1 aromatic carbocycles. The number of hydrogen-bond acceptors (Lipinski definition) is 6. The fourth-order valence-electron chi connectivity index (χ4n) is 2.49. The first-order chi connectivity index (χ1) is 9.81. The van der Waals surface area contributed by atoms with Gasteiger partial charge in [0.05, 0.1) is 12.3 Å². The van der Waals surface area contributed by atoms with E-state index in [1.165, 1.54) is 0 Å². The van der Waals surface area contributed by atoms with E-state index in [0.29, 0.717) is 18.7 Å². The highest BCUT2D eigenvalue weighted by atomic mass is 16.7. The summed E-state index contributed by atoms with van der Waals surface area (Å²) in [5, 5.41) is 12.5. The molecule has 0 bridgehead atoms. The Morgan fingerprint density at radius 2 is 2.05 bits per heavy atom. The topological polar surface area (TPSA) is 69.5 Å². The second-order valence-electron chi connectivity index (χ2n) is 4.77. The smallest absolute Gasteiger partial charge is 0.184 e. The van der Waals surface area contributed by atoms with Gasteiger partial charge in [-0.1, -0.05) is 35.5 Å². The first-order valence-corrected chi connectivity index (χ1v) is 6.53. The lowest BCUT2D eigenvalue weighted by molar-refractivity contribution is -0.286. The van der Waals surface area contributed by atoms with Crippen LogP contribution in [0.3, 0.4) is 0 Å². The molecule has 6 heteroatoms. The Morgan fingerprint density at radius 1 is 1.25 bits per heavy atom. The van der Waals surface area contributed by atoms with Crippen LogP contribution in [0.5, 0.6) is 0 Å². The second-order valence-corrected chi connectivity index (χ2v) is 4.77. The van der Waals surface area contributed by atoms with Crippen LogP contribution in [0.15, 0.2) is 35.5 Å². The van der Waals surface area contributed by atoms with Crippen LogP contribution in [-0.4, -0.2) is 43.1 Å². The van der Waals surface area contributed by atoms with Gasteiger partial charge in [-0.2, -0.15) is 0 Å². The Morgan fingerprint density at radius 3 is 2.75 bits per heavy atom. The van der Waals surface area contributed by atoms with Crippen molar-refractivity contribution < 1.29 is 24.2 Å². The third-order valence-electron chi connectivity index (χ3n) is 3.51. The van der Waals surface area contributed by atoms with Crippen LogP contribution < -0.4 is 0 Å². The minimum absolute atomic E-state index is 0.320. The fraction of sp³-hybridized carbons (Fsp3) is 0.500. The summed E-state index contributed by atoms with van der Waals surface area (Å²) >= 11 is 0. The summed E-state index contributed by atoms with van der Waals surface area (Å²) in [7, 11) is 1.55. The predicted molar refractivity (Wildman–Crippen MR) is 69.5 cm³/mol. The molecule has 0 saturated carbocycles. The number of benzene rings is 1. The van der Waals surface area contributed by atoms with Gasteiger partial charge >= 0.3 is 0 Å². The maximum Gasteiger partial charge on any atom is 0.184 e. The van der Waals surface area contributed by atoms with Gasteiger partial charge in [0.15, 0.2) is 12.6 Å². The van der Waals surface area contributed by atoms with E-state index in [1.807, 2.05) is 30.3 Å². The van der Waals surface area contributed by atoms with E-state index in [4.69, 9.17) is 24.2 Å². The van der Waals surface area contributed by atoms with Crippen LogP contribution in [0.25, 0.3) is 0 Å². The van der Waals surface area contributed by atoms with Gasteiger partial charge in [0, 0.05) is 19.1 Å². The molecule has 0 spiro atoms. The summed E-state index contributed by atoms with van der Waals surface area (Å²) in [4.78, 5) is 0. The zero-order chi connectivity index (χ0) is 13.9. The molecule has 108 valence electrons. The molecule has 0 radical (unpaired) electrons. The molecule has 2 fully saturated rings. The van der Waals surface area contributed by atoms with E-state index in [9.17, 15) is 0 Å². The van der Waals surface area contributed by atoms with Crippen LogP contribution in [0, 0.1) is 0 Å². The Balaban J connectivity index is 1.76. The summed E-state index contributed by atoms with van der Waals surface area (Å²) in [6.45, 7) is 0.364. The molecular formula is C14H17NO5. The van der Waals surface area contributed by atoms with Crippen LogP contribution in [0.4, 0.5) is 0 Å². The normalized spacial score (nSPS) is 35.8. The van der Waals surface area contributed by atoms with Crippen LogP contribution in [0.1, 0.15) is 18.3 Å². The summed E-state index contributed by atoms with van der Waals surface area (Å²) in [6.07, 6.45) is -1.25. The molecule has 3 rings (SSSR count). The lowest BCUT2D eigenvalue weighted by Gasteiger charge is -2.41. The molecule has 0 amide bonds. The number of methoxy groups -OCH3 is 1.